The van der Waals surface area contributed by atoms with E-state index in [1.54, 1.807) is 6.08 Å². The number of hydrogen-bond donors (Lipinski definition) is 3. The Kier molecular flexibility index (Phi) is 61.4. The van der Waals surface area contributed by atoms with Crippen molar-refractivity contribution in [2.24, 2.45) is 0 Å². The minimum Gasteiger partial charge on any atom is -0.466 e. The molecule has 6 nitrogen and oxygen atoms in total. The zero-order valence-corrected chi connectivity index (χ0v) is 49.4. The molecule has 0 aliphatic carbocycles. The van der Waals surface area contributed by atoms with Crippen LogP contribution in [0.3, 0.4) is 0 Å². The first-order valence-electron chi connectivity index (χ1n) is 33.1. The number of carbonyl (C=O) groups excluding carboxylic acids is 2. The van der Waals surface area contributed by atoms with Crippen molar-refractivity contribution in [3.05, 3.63) is 24.3 Å². The molecule has 2 atom stereocenters. The molecule has 0 fully saturated rings. The number of esters is 1. The van der Waals surface area contributed by atoms with Crippen LogP contribution in [-0.2, 0) is 14.3 Å². The first-order valence-corrected chi connectivity index (χ1v) is 33.1. The van der Waals surface area contributed by atoms with E-state index in [4.69, 9.17) is 4.74 Å². The number of aliphatic hydroxyl groups excluding tert-OH is 2. The minimum atomic E-state index is -0.848. The first-order chi connectivity index (χ1) is 36.0. The Hall–Kier alpha value is -1.66. The number of hydrogen-bond acceptors (Lipinski definition) is 5. The molecule has 0 radical (unpaired) electrons. The summed E-state index contributed by atoms with van der Waals surface area (Å²) in [6.45, 7) is 4.92. The number of rotatable bonds is 62. The van der Waals surface area contributed by atoms with Crippen molar-refractivity contribution in [3.8, 4) is 0 Å². The van der Waals surface area contributed by atoms with Gasteiger partial charge in [-0.1, -0.05) is 321 Å². The zero-order chi connectivity index (χ0) is 52.9. The van der Waals surface area contributed by atoms with E-state index in [9.17, 15) is 19.8 Å². The molecule has 0 spiro atoms. The third-order valence-electron chi connectivity index (χ3n) is 15.5. The average molecular weight is 1030 g/mol. The van der Waals surface area contributed by atoms with Crippen molar-refractivity contribution >= 4 is 11.9 Å². The van der Waals surface area contributed by atoms with Gasteiger partial charge in [-0.2, -0.15) is 0 Å². The summed E-state index contributed by atoms with van der Waals surface area (Å²) >= 11 is 0. The highest BCUT2D eigenvalue weighted by molar-refractivity contribution is 5.76. The van der Waals surface area contributed by atoms with Crippen LogP contribution in [0.1, 0.15) is 367 Å². The molecule has 3 N–H and O–H groups in total. The highest BCUT2D eigenvalue weighted by Gasteiger charge is 2.18. The number of ether oxygens (including phenoxy) is 1. The van der Waals surface area contributed by atoms with Crippen molar-refractivity contribution < 1.29 is 24.5 Å². The molecular formula is C67H129NO5. The summed E-state index contributed by atoms with van der Waals surface area (Å²) in [5.41, 5.74) is 0. The Bertz CT molecular complexity index is 1140. The highest BCUT2D eigenvalue weighted by Crippen LogP contribution is 2.18. The summed E-state index contributed by atoms with van der Waals surface area (Å²) in [5, 5.41) is 23.2. The van der Waals surface area contributed by atoms with Gasteiger partial charge in [0.2, 0.25) is 5.91 Å². The van der Waals surface area contributed by atoms with E-state index >= 15 is 0 Å². The summed E-state index contributed by atoms with van der Waals surface area (Å²) in [6.07, 6.45) is 78.0. The second-order valence-corrected chi connectivity index (χ2v) is 22.8. The second-order valence-electron chi connectivity index (χ2n) is 22.8. The fourth-order valence-corrected chi connectivity index (χ4v) is 10.4. The lowest BCUT2D eigenvalue weighted by Crippen LogP contribution is -2.45. The summed E-state index contributed by atoms with van der Waals surface area (Å²) in [6, 6.07) is -0.632. The Morgan fingerprint density at radius 1 is 0.370 bits per heavy atom. The molecule has 0 rings (SSSR count). The second kappa shape index (κ2) is 62.9. The Labute approximate surface area is 456 Å². The standard InChI is InChI=1S/C67H129NO5/c1-3-5-7-9-11-13-15-17-19-21-22-23-24-25-28-31-35-39-43-47-51-55-59-65(70)64(63-69)68-66(71)60-56-52-48-44-40-36-32-29-26-27-30-34-38-42-46-50-54-58-62-73-67(72)61-57-53-49-45-41-37-33-20-18-16-14-12-10-8-6-4-2/h20,33,55,59,64-65,69-70H,3-19,21-32,34-54,56-58,60-63H2,1-2H3,(H,68,71)/b33-20-,59-55+. The van der Waals surface area contributed by atoms with Gasteiger partial charge in [-0.05, 0) is 57.8 Å². The van der Waals surface area contributed by atoms with Gasteiger partial charge in [-0.3, -0.25) is 9.59 Å². The number of nitrogens with one attached hydrogen (secondary N) is 1. The maximum atomic E-state index is 12.5. The minimum absolute atomic E-state index is 0.0000546. The summed E-state index contributed by atoms with van der Waals surface area (Å²) in [7, 11) is 0. The molecule has 1 amide bonds. The first kappa shape index (κ1) is 71.3. The Morgan fingerprint density at radius 2 is 0.644 bits per heavy atom. The molecule has 0 saturated heterocycles. The molecule has 0 aromatic heterocycles. The van der Waals surface area contributed by atoms with Crippen LogP contribution in [-0.4, -0.2) is 47.4 Å². The van der Waals surface area contributed by atoms with Gasteiger partial charge in [0.05, 0.1) is 25.4 Å². The molecule has 0 aromatic carbocycles. The van der Waals surface area contributed by atoms with Crippen molar-refractivity contribution in [2.45, 2.75) is 379 Å². The maximum absolute atomic E-state index is 12.5. The van der Waals surface area contributed by atoms with Crippen LogP contribution in [0.2, 0.25) is 0 Å². The van der Waals surface area contributed by atoms with Crippen LogP contribution in [0.25, 0.3) is 0 Å². The van der Waals surface area contributed by atoms with Crippen LogP contribution in [0.15, 0.2) is 24.3 Å². The SMILES string of the molecule is CCCCCCCCC/C=C\CCCCCCCC(=O)OCCCCCCCCCCCCCCCCCCCCC(=O)NC(CO)C(O)/C=C/CCCCCCCCCCCCCCCCCCCCCC. The van der Waals surface area contributed by atoms with Gasteiger partial charge < -0.3 is 20.3 Å². The predicted octanol–water partition coefficient (Wildman–Crippen LogP) is 21.0. The van der Waals surface area contributed by atoms with Gasteiger partial charge in [0, 0.05) is 12.8 Å². The van der Waals surface area contributed by atoms with Crippen LogP contribution in [0.4, 0.5) is 0 Å². The number of amides is 1. The molecule has 0 heterocycles. The molecule has 6 heteroatoms. The molecule has 0 aromatic rings. The predicted molar refractivity (Wildman–Crippen MR) is 320 cm³/mol. The van der Waals surface area contributed by atoms with Gasteiger partial charge in [-0.15, -0.1) is 0 Å². The van der Waals surface area contributed by atoms with Gasteiger partial charge in [0.25, 0.3) is 0 Å². The molecular weight excluding hydrogens is 899 g/mol. The Balaban J connectivity index is 3.43. The lowest BCUT2D eigenvalue weighted by Gasteiger charge is -2.20. The molecule has 0 aliphatic heterocycles. The van der Waals surface area contributed by atoms with E-state index < -0.39 is 12.1 Å². The lowest BCUT2D eigenvalue weighted by atomic mass is 10.0. The van der Waals surface area contributed by atoms with Crippen LogP contribution in [0, 0.1) is 0 Å². The quantitative estimate of drug-likeness (QED) is 0.0320. The number of unbranched alkanes of at least 4 members (excludes halogenated alkanes) is 49. The Morgan fingerprint density at radius 3 is 0.973 bits per heavy atom. The van der Waals surface area contributed by atoms with E-state index in [1.165, 1.54) is 295 Å². The van der Waals surface area contributed by atoms with E-state index in [0.29, 0.717) is 19.4 Å². The van der Waals surface area contributed by atoms with E-state index in [2.05, 4.69) is 31.3 Å². The van der Waals surface area contributed by atoms with Crippen LogP contribution < -0.4 is 5.32 Å². The molecule has 0 aliphatic rings. The maximum Gasteiger partial charge on any atom is 0.305 e. The molecule has 0 bridgehead atoms. The monoisotopic (exact) mass is 1030 g/mol. The smallest absolute Gasteiger partial charge is 0.305 e. The number of aliphatic hydroxyl groups is 2. The van der Waals surface area contributed by atoms with Crippen molar-refractivity contribution in [1.29, 1.82) is 0 Å². The average Bonchev–Trinajstić information content (AvgIpc) is 3.39. The van der Waals surface area contributed by atoms with Crippen LogP contribution >= 0.6 is 0 Å². The van der Waals surface area contributed by atoms with Gasteiger partial charge in [0.15, 0.2) is 0 Å². The summed E-state index contributed by atoms with van der Waals surface area (Å²) in [4.78, 5) is 24.6. The van der Waals surface area contributed by atoms with Gasteiger partial charge >= 0.3 is 5.97 Å². The van der Waals surface area contributed by atoms with Crippen molar-refractivity contribution in [2.75, 3.05) is 13.2 Å². The normalized spacial score (nSPS) is 12.7. The van der Waals surface area contributed by atoms with Crippen LogP contribution in [0.5, 0.6) is 0 Å². The topological polar surface area (TPSA) is 95.9 Å². The summed E-state index contributed by atoms with van der Waals surface area (Å²) in [5.74, 6) is -0.0685. The summed E-state index contributed by atoms with van der Waals surface area (Å²) < 4.78 is 5.49. The zero-order valence-electron chi connectivity index (χ0n) is 49.4. The largest absolute Gasteiger partial charge is 0.466 e. The van der Waals surface area contributed by atoms with E-state index in [-0.39, 0.29) is 18.5 Å². The van der Waals surface area contributed by atoms with E-state index in [1.807, 2.05) is 6.08 Å². The third-order valence-corrected chi connectivity index (χ3v) is 15.5. The fourth-order valence-electron chi connectivity index (χ4n) is 10.4. The molecule has 432 valence electrons. The molecule has 2 unspecified atom stereocenters. The highest BCUT2D eigenvalue weighted by atomic mass is 16.5. The van der Waals surface area contributed by atoms with Gasteiger partial charge in [-0.25, -0.2) is 0 Å². The fraction of sp³-hybridized carbons (Fsp3) is 0.910. The lowest BCUT2D eigenvalue weighted by molar-refractivity contribution is -0.143. The van der Waals surface area contributed by atoms with Gasteiger partial charge in [0.1, 0.15) is 0 Å². The number of allylic oxidation sites excluding steroid dienone is 3. The van der Waals surface area contributed by atoms with Crippen molar-refractivity contribution in [3.63, 3.8) is 0 Å². The van der Waals surface area contributed by atoms with Crippen molar-refractivity contribution in [1.82, 2.24) is 5.32 Å². The molecule has 73 heavy (non-hydrogen) atoms. The number of carbonyl (C=O) groups is 2. The van der Waals surface area contributed by atoms with E-state index in [0.717, 1.165) is 44.9 Å². The molecule has 0 saturated carbocycles. The third kappa shape index (κ3) is 59.4.